The van der Waals surface area contributed by atoms with E-state index in [4.69, 9.17) is 0 Å². The van der Waals surface area contributed by atoms with Gasteiger partial charge in [-0.25, -0.2) is 8.42 Å². The van der Waals surface area contributed by atoms with Crippen LogP contribution in [0.2, 0.25) is 0 Å². The molecule has 1 aliphatic rings. The predicted molar refractivity (Wildman–Crippen MR) is 105 cm³/mol. The van der Waals surface area contributed by atoms with E-state index in [2.05, 4.69) is 4.74 Å². The molecule has 0 heterocycles. The molecule has 0 aliphatic heterocycles. The van der Waals surface area contributed by atoms with Crippen LogP contribution in [-0.2, 0) is 16.3 Å². The van der Waals surface area contributed by atoms with Crippen molar-refractivity contribution < 1.29 is 30.7 Å². The Morgan fingerprint density at radius 3 is 2.21 bits per heavy atom. The van der Waals surface area contributed by atoms with Crippen LogP contribution in [0.25, 0.3) is 0 Å². The van der Waals surface area contributed by atoms with E-state index in [0.29, 0.717) is 12.3 Å². The Morgan fingerprint density at radius 1 is 1.07 bits per heavy atom. The second-order valence-corrected chi connectivity index (χ2v) is 11.7. The molecule has 0 spiro atoms. The molecule has 3 nitrogen and oxygen atoms in total. The van der Waals surface area contributed by atoms with Gasteiger partial charge in [-0.05, 0) is 76.0 Å². The van der Waals surface area contributed by atoms with Gasteiger partial charge in [0, 0.05) is 0 Å². The van der Waals surface area contributed by atoms with Gasteiger partial charge in [0.25, 0.3) is 0 Å². The Bertz CT molecular complexity index is 764. The monoisotopic (exact) mass is 438 g/mol. The van der Waals surface area contributed by atoms with Gasteiger partial charge in [0.1, 0.15) is 5.75 Å². The molecule has 2 rings (SSSR count). The van der Waals surface area contributed by atoms with Gasteiger partial charge in [0.2, 0.25) is 0 Å². The van der Waals surface area contributed by atoms with Gasteiger partial charge in [-0.3, -0.25) is 0 Å². The molecule has 0 atom stereocenters. The second-order valence-electron chi connectivity index (χ2n) is 8.93. The summed E-state index contributed by atoms with van der Waals surface area (Å²) in [6, 6.07) is 5.88. The summed E-state index contributed by atoms with van der Waals surface area (Å²) in [4.78, 5) is 0. The lowest BCUT2D eigenvalue weighted by Crippen LogP contribution is -2.34. The molecule has 1 fully saturated rings. The van der Waals surface area contributed by atoms with Gasteiger partial charge in [0.15, 0.2) is 9.84 Å². The highest BCUT2D eigenvalue weighted by atomic mass is 32.2. The molecule has 0 unspecified atom stereocenters. The number of ether oxygens (including phenoxy) is 1. The highest BCUT2D eigenvalue weighted by Crippen LogP contribution is 2.34. The molecule has 1 aliphatic carbocycles. The predicted octanol–water partition coefficient (Wildman–Crippen LogP) is 5.88. The third kappa shape index (κ3) is 6.86. The first-order chi connectivity index (χ1) is 13.3. The average molecular weight is 439 g/mol. The van der Waals surface area contributed by atoms with E-state index in [0.717, 1.165) is 37.7 Å². The van der Waals surface area contributed by atoms with Crippen molar-refractivity contribution in [1.82, 2.24) is 0 Å². The largest absolute Gasteiger partial charge is 0.461 e. The topological polar surface area (TPSA) is 43.4 Å². The number of alkyl halides is 4. The maximum absolute atomic E-state index is 13.1. The Kier molecular flexibility index (Phi) is 7.63. The Hall–Kier alpha value is -1.31. The maximum Gasteiger partial charge on any atom is 0.461 e. The van der Waals surface area contributed by atoms with Crippen LogP contribution in [0.4, 0.5) is 17.6 Å². The van der Waals surface area contributed by atoms with Gasteiger partial charge >= 0.3 is 12.5 Å². The van der Waals surface area contributed by atoms with Gasteiger partial charge in [0.05, 0.1) is 10.5 Å². The Morgan fingerprint density at radius 2 is 1.66 bits per heavy atom. The summed E-state index contributed by atoms with van der Waals surface area (Å²) >= 11 is 0. The number of sulfone groups is 1. The van der Waals surface area contributed by atoms with Crippen LogP contribution in [0.5, 0.6) is 5.75 Å². The van der Waals surface area contributed by atoms with E-state index in [9.17, 15) is 26.0 Å². The summed E-state index contributed by atoms with van der Waals surface area (Å²) in [5.41, 5.74) is 0.755. The molecule has 29 heavy (non-hydrogen) atoms. The molecule has 1 saturated carbocycles. The molecule has 0 saturated heterocycles. The normalized spacial score (nSPS) is 21.4. The molecule has 0 N–H and O–H groups in total. The molecule has 166 valence electrons. The minimum atomic E-state index is -4.51. The molecule has 1 aromatic carbocycles. The minimum Gasteiger partial charge on any atom is -0.428 e. The minimum absolute atomic E-state index is 0.184. The Balaban J connectivity index is 1.83. The van der Waals surface area contributed by atoms with Gasteiger partial charge in [-0.2, -0.15) is 17.6 Å². The van der Waals surface area contributed by atoms with Crippen molar-refractivity contribution in [3.05, 3.63) is 29.8 Å². The molecule has 0 aromatic heterocycles. The maximum atomic E-state index is 13.1. The van der Waals surface area contributed by atoms with Crippen molar-refractivity contribution in [3.8, 4) is 5.75 Å². The summed E-state index contributed by atoms with van der Waals surface area (Å²) in [7, 11) is -3.12. The van der Waals surface area contributed by atoms with Crippen LogP contribution >= 0.6 is 0 Å². The zero-order valence-corrected chi connectivity index (χ0v) is 18.0. The van der Waals surface area contributed by atoms with Crippen LogP contribution in [0.3, 0.4) is 0 Å². The number of hydrogen-bond donors (Lipinski definition) is 0. The first-order valence-corrected chi connectivity index (χ1v) is 11.6. The summed E-state index contributed by atoms with van der Waals surface area (Å²) in [6.45, 7) is 5.18. The van der Waals surface area contributed by atoms with E-state index in [1.165, 1.54) is 18.2 Å². The van der Waals surface area contributed by atoms with Gasteiger partial charge < -0.3 is 4.74 Å². The fourth-order valence-electron chi connectivity index (χ4n) is 3.58. The highest BCUT2D eigenvalue weighted by molar-refractivity contribution is 7.92. The summed E-state index contributed by atoms with van der Waals surface area (Å²) < 4.78 is 78.8. The van der Waals surface area contributed by atoms with Gasteiger partial charge in [-0.1, -0.05) is 25.0 Å². The lowest BCUT2D eigenvalue weighted by molar-refractivity contribution is -0.253. The van der Waals surface area contributed by atoms with Crippen molar-refractivity contribution in [3.63, 3.8) is 0 Å². The quantitative estimate of drug-likeness (QED) is 0.477. The van der Waals surface area contributed by atoms with Gasteiger partial charge in [-0.15, -0.1) is 0 Å². The van der Waals surface area contributed by atoms with Crippen LogP contribution in [0.1, 0.15) is 58.4 Å². The average Bonchev–Trinajstić information content (AvgIpc) is 2.60. The van der Waals surface area contributed by atoms with Crippen LogP contribution in [-0.4, -0.2) is 31.5 Å². The van der Waals surface area contributed by atoms with E-state index in [-0.39, 0.29) is 17.4 Å². The van der Waals surface area contributed by atoms with Crippen molar-refractivity contribution in [1.29, 1.82) is 0 Å². The summed E-state index contributed by atoms with van der Waals surface area (Å²) in [5, 5.41) is 0. The van der Waals surface area contributed by atoms with Crippen LogP contribution in [0.15, 0.2) is 24.3 Å². The van der Waals surface area contributed by atoms with Crippen molar-refractivity contribution >= 4 is 9.84 Å². The molecule has 8 heteroatoms. The zero-order chi connectivity index (χ0) is 21.9. The lowest BCUT2D eigenvalue weighted by Gasteiger charge is -2.30. The molecule has 0 radical (unpaired) electrons. The highest BCUT2D eigenvalue weighted by Gasteiger charge is 2.44. The number of benzene rings is 1. The molecule has 1 aromatic rings. The second kappa shape index (κ2) is 9.23. The fourth-order valence-corrected chi connectivity index (χ4v) is 5.04. The third-order valence-electron chi connectivity index (χ3n) is 5.60. The summed E-state index contributed by atoms with van der Waals surface area (Å²) in [5.74, 6) is 0.573. The van der Waals surface area contributed by atoms with E-state index in [1.54, 1.807) is 26.8 Å². The first-order valence-electron chi connectivity index (χ1n) is 9.96. The van der Waals surface area contributed by atoms with Crippen molar-refractivity contribution in [2.45, 2.75) is 76.6 Å². The number of halogens is 4. The van der Waals surface area contributed by atoms with Crippen LogP contribution in [0, 0.1) is 11.8 Å². The third-order valence-corrected chi connectivity index (χ3v) is 8.38. The lowest BCUT2D eigenvalue weighted by atomic mass is 9.80. The van der Waals surface area contributed by atoms with E-state index < -0.39 is 27.1 Å². The van der Waals surface area contributed by atoms with Crippen molar-refractivity contribution in [2.24, 2.45) is 11.8 Å². The van der Waals surface area contributed by atoms with E-state index >= 15 is 0 Å². The summed E-state index contributed by atoms with van der Waals surface area (Å²) in [6.07, 6.45) is -3.32. The smallest absolute Gasteiger partial charge is 0.428 e. The number of hydrogen-bond acceptors (Lipinski definition) is 3. The standard InChI is InChI=1S/C21H30F4O3S/c1-20(2,3)29(26,27)14-17-11-8-15(9-12-17)7-10-16-5-4-6-18(13-16)28-21(24,25)19(22)23/h4-6,13,15,17,19H,7-12,14H2,1-3H3. The van der Waals surface area contributed by atoms with Crippen LogP contribution < -0.4 is 4.74 Å². The Labute approximate surface area is 170 Å². The molecular weight excluding hydrogens is 408 g/mol. The molecular formula is C21H30F4O3S. The number of aryl methyl sites for hydroxylation is 1. The molecule has 0 bridgehead atoms. The first kappa shape index (κ1) is 24.0. The fraction of sp³-hybridized carbons (Fsp3) is 0.714. The molecule has 0 amide bonds. The zero-order valence-electron chi connectivity index (χ0n) is 17.1. The number of rotatable bonds is 8. The van der Waals surface area contributed by atoms with E-state index in [1.807, 2.05) is 0 Å². The van der Waals surface area contributed by atoms with Crippen molar-refractivity contribution in [2.75, 3.05) is 5.75 Å². The SMILES string of the molecule is CC(C)(C)S(=O)(=O)CC1CCC(CCc2cccc(OC(F)(F)C(F)F)c2)CC1.